The molecule has 2 aliphatic rings. The SMILES string of the molecule is CC(C)N1CCC(N2CCCN(c3cccc(-c4noc(-c5ccncc5)n4)n3)CC2)CC1. The third-order valence-electron chi connectivity index (χ3n) is 6.92. The van der Waals surface area contributed by atoms with Crippen molar-refractivity contribution in [3.8, 4) is 23.0 Å². The molecule has 5 heterocycles. The van der Waals surface area contributed by atoms with Crippen molar-refractivity contribution < 1.29 is 4.52 Å². The summed E-state index contributed by atoms with van der Waals surface area (Å²) >= 11 is 0. The van der Waals surface area contributed by atoms with Gasteiger partial charge in [0.2, 0.25) is 5.82 Å². The lowest BCUT2D eigenvalue weighted by atomic mass is 10.0. The molecule has 5 rings (SSSR count). The Morgan fingerprint density at radius 1 is 0.909 bits per heavy atom. The first-order chi connectivity index (χ1) is 16.2. The fourth-order valence-electron chi connectivity index (χ4n) is 4.96. The van der Waals surface area contributed by atoms with E-state index in [2.05, 4.69) is 49.7 Å². The van der Waals surface area contributed by atoms with Gasteiger partial charge >= 0.3 is 0 Å². The molecule has 8 nitrogen and oxygen atoms in total. The Hall–Kier alpha value is -2.84. The molecule has 3 aromatic rings. The predicted molar refractivity (Wildman–Crippen MR) is 129 cm³/mol. The molecule has 0 N–H and O–H groups in total. The van der Waals surface area contributed by atoms with Gasteiger partial charge in [0.25, 0.3) is 5.89 Å². The van der Waals surface area contributed by atoms with Gasteiger partial charge in [-0.1, -0.05) is 11.2 Å². The summed E-state index contributed by atoms with van der Waals surface area (Å²) in [5.41, 5.74) is 1.59. The van der Waals surface area contributed by atoms with E-state index in [0.29, 0.717) is 23.8 Å². The van der Waals surface area contributed by atoms with Crippen molar-refractivity contribution in [1.29, 1.82) is 0 Å². The van der Waals surface area contributed by atoms with Gasteiger partial charge in [-0.2, -0.15) is 4.98 Å². The Labute approximate surface area is 195 Å². The van der Waals surface area contributed by atoms with Crippen LogP contribution in [0.5, 0.6) is 0 Å². The lowest BCUT2D eigenvalue weighted by molar-refractivity contribution is 0.0965. The summed E-state index contributed by atoms with van der Waals surface area (Å²) in [5.74, 6) is 1.98. The van der Waals surface area contributed by atoms with Crippen LogP contribution >= 0.6 is 0 Å². The van der Waals surface area contributed by atoms with Gasteiger partial charge in [0.15, 0.2) is 0 Å². The average molecular weight is 448 g/mol. The quantitative estimate of drug-likeness (QED) is 0.588. The van der Waals surface area contributed by atoms with Crippen molar-refractivity contribution in [3.63, 3.8) is 0 Å². The van der Waals surface area contributed by atoms with E-state index < -0.39 is 0 Å². The van der Waals surface area contributed by atoms with Crippen LogP contribution in [0, 0.1) is 0 Å². The predicted octanol–water partition coefficient (Wildman–Crippen LogP) is 3.58. The minimum Gasteiger partial charge on any atom is -0.355 e. The van der Waals surface area contributed by atoms with Crippen molar-refractivity contribution in [1.82, 2.24) is 29.9 Å². The molecule has 2 saturated heterocycles. The summed E-state index contributed by atoms with van der Waals surface area (Å²) in [7, 11) is 0. The number of hydrogen-bond acceptors (Lipinski definition) is 8. The first kappa shape index (κ1) is 22.0. The summed E-state index contributed by atoms with van der Waals surface area (Å²) in [6, 6.07) is 11.1. The van der Waals surface area contributed by atoms with Crippen molar-refractivity contribution >= 4 is 5.82 Å². The molecule has 0 radical (unpaired) electrons. The molecule has 0 aliphatic carbocycles. The van der Waals surface area contributed by atoms with Crippen molar-refractivity contribution in [2.75, 3.05) is 44.2 Å². The number of nitrogens with zero attached hydrogens (tertiary/aromatic N) is 7. The minimum atomic E-state index is 0.480. The van der Waals surface area contributed by atoms with E-state index in [1.807, 2.05) is 24.3 Å². The van der Waals surface area contributed by atoms with Crippen LogP contribution in [0.4, 0.5) is 5.82 Å². The van der Waals surface area contributed by atoms with Crippen molar-refractivity contribution in [3.05, 3.63) is 42.7 Å². The molecule has 2 aliphatic heterocycles. The van der Waals surface area contributed by atoms with E-state index in [1.54, 1.807) is 12.4 Å². The maximum atomic E-state index is 5.46. The molecule has 0 atom stereocenters. The smallest absolute Gasteiger partial charge is 0.258 e. The lowest BCUT2D eigenvalue weighted by Crippen LogP contribution is -2.47. The highest BCUT2D eigenvalue weighted by atomic mass is 16.5. The minimum absolute atomic E-state index is 0.480. The molecule has 0 aromatic carbocycles. The molecule has 33 heavy (non-hydrogen) atoms. The van der Waals surface area contributed by atoms with Gasteiger partial charge in [0.1, 0.15) is 11.5 Å². The van der Waals surface area contributed by atoms with Crippen molar-refractivity contribution in [2.24, 2.45) is 0 Å². The molecule has 174 valence electrons. The molecule has 2 fully saturated rings. The Bertz CT molecular complexity index is 1030. The molecule has 0 amide bonds. The third-order valence-corrected chi connectivity index (χ3v) is 6.92. The molecule has 0 unspecified atom stereocenters. The van der Waals surface area contributed by atoms with E-state index >= 15 is 0 Å². The van der Waals surface area contributed by atoms with E-state index in [-0.39, 0.29) is 0 Å². The number of piperidine rings is 1. The van der Waals surface area contributed by atoms with Crippen LogP contribution in [0.15, 0.2) is 47.2 Å². The Morgan fingerprint density at radius 2 is 1.73 bits per heavy atom. The largest absolute Gasteiger partial charge is 0.355 e. The summed E-state index contributed by atoms with van der Waals surface area (Å²) < 4.78 is 5.46. The maximum absolute atomic E-state index is 5.46. The summed E-state index contributed by atoms with van der Waals surface area (Å²) in [5, 5.41) is 4.16. The number of aromatic nitrogens is 4. The number of rotatable bonds is 5. The van der Waals surface area contributed by atoms with Crippen LogP contribution in [0.3, 0.4) is 0 Å². The maximum Gasteiger partial charge on any atom is 0.258 e. The number of pyridine rings is 2. The summed E-state index contributed by atoms with van der Waals surface area (Å²) in [6.07, 6.45) is 7.15. The Kier molecular flexibility index (Phi) is 6.64. The zero-order valence-electron chi connectivity index (χ0n) is 19.6. The number of likely N-dealkylation sites (tertiary alicyclic amines) is 1. The molecular formula is C25H33N7O. The van der Waals surface area contributed by atoms with Crippen LogP contribution in [-0.4, -0.2) is 81.3 Å². The van der Waals surface area contributed by atoms with Crippen LogP contribution in [-0.2, 0) is 0 Å². The zero-order valence-corrected chi connectivity index (χ0v) is 19.6. The lowest BCUT2D eigenvalue weighted by Gasteiger charge is -2.39. The third kappa shape index (κ3) is 5.07. The molecule has 0 bridgehead atoms. The van der Waals surface area contributed by atoms with E-state index in [9.17, 15) is 0 Å². The fraction of sp³-hybridized carbons (Fsp3) is 0.520. The van der Waals surface area contributed by atoms with E-state index in [4.69, 9.17) is 9.51 Å². The van der Waals surface area contributed by atoms with Gasteiger partial charge in [0.05, 0.1) is 0 Å². The van der Waals surface area contributed by atoms with Gasteiger partial charge in [-0.3, -0.25) is 9.88 Å². The normalized spacial score (nSPS) is 19.2. The zero-order chi connectivity index (χ0) is 22.6. The summed E-state index contributed by atoms with van der Waals surface area (Å²) in [4.78, 5) is 21.2. The number of hydrogen-bond donors (Lipinski definition) is 0. The number of anilines is 1. The average Bonchev–Trinajstić information content (AvgIpc) is 3.23. The van der Waals surface area contributed by atoms with Gasteiger partial charge in [0, 0.05) is 56.2 Å². The van der Waals surface area contributed by atoms with Gasteiger partial charge < -0.3 is 14.3 Å². The van der Waals surface area contributed by atoms with Crippen LogP contribution in [0.1, 0.15) is 33.1 Å². The van der Waals surface area contributed by atoms with Gasteiger partial charge in [-0.05, 0) is 70.5 Å². The van der Waals surface area contributed by atoms with E-state index in [1.165, 1.54) is 32.5 Å². The Morgan fingerprint density at radius 3 is 2.52 bits per heavy atom. The van der Waals surface area contributed by atoms with Crippen molar-refractivity contribution in [2.45, 2.75) is 45.2 Å². The first-order valence-electron chi connectivity index (χ1n) is 12.1. The molecule has 0 spiro atoms. The summed E-state index contributed by atoms with van der Waals surface area (Å²) in [6.45, 7) is 11.3. The van der Waals surface area contributed by atoms with Gasteiger partial charge in [-0.15, -0.1) is 0 Å². The highest BCUT2D eigenvalue weighted by Crippen LogP contribution is 2.24. The van der Waals surface area contributed by atoms with Crippen LogP contribution in [0.2, 0.25) is 0 Å². The second-order valence-electron chi connectivity index (χ2n) is 9.28. The molecule has 8 heteroatoms. The van der Waals surface area contributed by atoms with Gasteiger partial charge in [-0.25, -0.2) is 4.98 Å². The standard InChI is InChI=1S/C25H33N7O/c1-19(2)30-15-9-21(10-16-30)31-13-4-14-32(18-17-31)23-6-3-5-22(27-23)24-28-25(33-29-24)20-7-11-26-12-8-20/h3,5-8,11-12,19,21H,4,9-10,13-18H2,1-2H3. The second kappa shape index (κ2) is 9.97. The van der Waals surface area contributed by atoms with E-state index in [0.717, 1.165) is 43.1 Å². The fourth-order valence-corrected chi connectivity index (χ4v) is 4.96. The molecule has 0 saturated carbocycles. The second-order valence-corrected chi connectivity index (χ2v) is 9.28. The monoisotopic (exact) mass is 447 g/mol. The first-order valence-corrected chi connectivity index (χ1v) is 12.1. The molecule has 3 aromatic heterocycles. The molecular weight excluding hydrogens is 414 g/mol. The van der Waals surface area contributed by atoms with Crippen LogP contribution < -0.4 is 4.90 Å². The highest BCUT2D eigenvalue weighted by Gasteiger charge is 2.27. The Balaban J connectivity index is 1.24. The van der Waals surface area contributed by atoms with Crippen LogP contribution in [0.25, 0.3) is 23.0 Å². The highest BCUT2D eigenvalue weighted by molar-refractivity contribution is 5.58. The topological polar surface area (TPSA) is 74.4 Å².